The number of nitrogens with one attached hydrogen (secondary N) is 2. The normalized spacial score (nSPS) is 13.7. The minimum atomic E-state index is -0.769. The highest BCUT2D eigenvalue weighted by molar-refractivity contribution is 4.28. The number of aliphatic hydroxyl groups is 1. The van der Waals surface area contributed by atoms with Crippen LogP contribution in [0.4, 0.5) is 0 Å². The number of hydrogen-bond acceptors (Lipinski definition) is 4. The summed E-state index contributed by atoms with van der Waals surface area (Å²) in [5, 5.41) is 8.53. The summed E-state index contributed by atoms with van der Waals surface area (Å²) in [5.74, 6) is 0. The molecule has 0 aromatic carbocycles. The fourth-order valence-corrected chi connectivity index (χ4v) is 0.303. The zero-order chi connectivity index (χ0) is 7.11. The van der Waals surface area contributed by atoms with Gasteiger partial charge in [0.25, 0.3) is 0 Å². The highest BCUT2D eigenvalue weighted by atomic mass is 16.7. The van der Waals surface area contributed by atoms with Crippen LogP contribution in [0.5, 0.6) is 0 Å². The van der Waals surface area contributed by atoms with E-state index < -0.39 is 6.29 Å². The summed E-state index contributed by atoms with van der Waals surface area (Å²) in [6, 6.07) is 0. The molecule has 0 saturated heterocycles. The van der Waals surface area contributed by atoms with E-state index in [1.807, 2.05) is 6.92 Å². The van der Waals surface area contributed by atoms with E-state index in [4.69, 9.17) is 5.11 Å². The lowest BCUT2D eigenvalue weighted by molar-refractivity contribution is -0.148. The third-order valence-electron chi connectivity index (χ3n) is 0.677. The van der Waals surface area contributed by atoms with Gasteiger partial charge in [0.15, 0.2) is 6.29 Å². The highest BCUT2D eigenvalue weighted by Crippen LogP contribution is 1.74. The summed E-state index contributed by atoms with van der Waals surface area (Å²) in [5.41, 5.74) is 5.12. The first-order chi connectivity index (χ1) is 4.27. The van der Waals surface area contributed by atoms with Crippen LogP contribution in [0.2, 0.25) is 0 Å². The summed E-state index contributed by atoms with van der Waals surface area (Å²) >= 11 is 0. The van der Waals surface area contributed by atoms with Gasteiger partial charge in [-0.05, 0) is 13.3 Å². The van der Waals surface area contributed by atoms with Crippen LogP contribution in [0.25, 0.3) is 0 Å². The SMILES string of the molecule is CCCNNO[C@@H](C)O. The predicted molar refractivity (Wildman–Crippen MR) is 34.2 cm³/mol. The van der Waals surface area contributed by atoms with Crippen molar-refractivity contribution in [3.8, 4) is 0 Å². The maximum atomic E-state index is 8.53. The van der Waals surface area contributed by atoms with Crippen LogP contribution in [0.15, 0.2) is 0 Å². The second kappa shape index (κ2) is 5.97. The molecule has 0 spiro atoms. The second-order valence-electron chi connectivity index (χ2n) is 1.75. The van der Waals surface area contributed by atoms with Crippen molar-refractivity contribution < 1.29 is 9.94 Å². The third-order valence-corrected chi connectivity index (χ3v) is 0.677. The van der Waals surface area contributed by atoms with Crippen LogP contribution >= 0.6 is 0 Å². The fraction of sp³-hybridized carbons (Fsp3) is 1.00. The number of hydrogen-bond donors (Lipinski definition) is 3. The van der Waals surface area contributed by atoms with Gasteiger partial charge in [-0.3, -0.25) is 4.84 Å². The molecule has 3 N–H and O–H groups in total. The summed E-state index contributed by atoms with van der Waals surface area (Å²) in [6.07, 6.45) is 0.255. The van der Waals surface area contributed by atoms with E-state index >= 15 is 0 Å². The second-order valence-corrected chi connectivity index (χ2v) is 1.75. The Morgan fingerprint density at radius 2 is 2.33 bits per heavy atom. The van der Waals surface area contributed by atoms with E-state index in [2.05, 4.69) is 15.9 Å². The highest BCUT2D eigenvalue weighted by Gasteiger charge is 1.89. The van der Waals surface area contributed by atoms with E-state index in [1.165, 1.54) is 6.92 Å². The molecule has 1 atom stereocenters. The molecule has 9 heavy (non-hydrogen) atoms. The van der Waals surface area contributed by atoms with Crippen molar-refractivity contribution >= 4 is 0 Å². The molecule has 0 saturated carbocycles. The Morgan fingerprint density at radius 3 is 2.78 bits per heavy atom. The van der Waals surface area contributed by atoms with E-state index in [0.717, 1.165) is 13.0 Å². The molecule has 0 aromatic rings. The van der Waals surface area contributed by atoms with Crippen molar-refractivity contribution in [2.45, 2.75) is 26.6 Å². The molecule has 0 aliphatic carbocycles. The molecule has 0 aliphatic rings. The van der Waals surface area contributed by atoms with Crippen LogP contribution in [0.1, 0.15) is 20.3 Å². The zero-order valence-electron chi connectivity index (χ0n) is 5.85. The lowest BCUT2D eigenvalue weighted by Crippen LogP contribution is -2.35. The maximum absolute atomic E-state index is 8.53. The van der Waals surface area contributed by atoms with Gasteiger partial charge >= 0.3 is 0 Å². The molecular formula is C5H14N2O2. The van der Waals surface area contributed by atoms with Crippen LogP contribution < -0.4 is 11.0 Å². The van der Waals surface area contributed by atoms with Crippen LogP contribution in [-0.4, -0.2) is 17.9 Å². The average Bonchev–Trinajstić information content (AvgIpc) is 1.80. The standard InChI is InChI=1S/C5H14N2O2/c1-3-4-6-7-9-5(2)8/h5-8H,3-4H2,1-2H3/t5-/m0/s1. The topological polar surface area (TPSA) is 53.5 Å². The first kappa shape index (κ1) is 8.84. The zero-order valence-corrected chi connectivity index (χ0v) is 5.85. The Kier molecular flexibility index (Phi) is 5.86. The number of hydrazine groups is 1. The third kappa shape index (κ3) is 7.84. The van der Waals surface area contributed by atoms with Gasteiger partial charge in [-0.1, -0.05) is 6.92 Å². The van der Waals surface area contributed by atoms with Gasteiger partial charge in [-0.2, -0.15) is 0 Å². The van der Waals surface area contributed by atoms with E-state index in [9.17, 15) is 0 Å². The van der Waals surface area contributed by atoms with Gasteiger partial charge in [0.2, 0.25) is 0 Å². The summed E-state index contributed by atoms with van der Waals surface area (Å²) in [4.78, 5) is 4.54. The molecule has 0 aromatic heterocycles. The van der Waals surface area contributed by atoms with Crippen molar-refractivity contribution in [1.82, 2.24) is 11.0 Å². The lowest BCUT2D eigenvalue weighted by atomic mass is 10.5. The molecule has 0 heterocycles. The molecule has 0 unspecified atom stereocenters. The molecule has 4 nitrogen and oxygen atoms in total. The Hall–Kier alpha value is -0.160. The van der Waals surface area contributed by atoms with Crippen LogP contribution in [0, 0.1) is 0 Å². The Balaban J connectivity index is 2.75. The molecular weight excluding hydrogens is 120 g/mol. The van der Waals surface area contributed by atoms with Crippen molar-refractivity contribution in [2.24, 2.45) is 0 Å². The lowest BCUT2D eigenvalue weighted by Gasteiger charge is -2.07. The summed E-state index contributed by atoms with van der Waals surface area (Å²) in [7, 11) is 0. The smallest absolute Gasteiger partial charge is 0.173 e. The first-order valence-corrected chi connectivity index (χ1v) is 3.09. The molecule has 56 valence electrons. The molecule has 0 rings (SSSR count). The molecule has 0 bridgehead atoms. The van der Waals surface area contributed by atoms with E-state index in [1.54, 1.807) is 0 Å². The van der Waals surface area contributed by atoms with E-state index in [-0.39, 0.29) is 0 Å². The Morgan fingerprint density at radius 1 is 1.67 bits per heavy atom. The van der Waals surface area contributed by atoms with Crippen molar-refractivity contribution in [3.05, 3.63) is 0 Å². The molecule has 4 heteroatoms. The monoisotopic (exact) mass is 134 g/mol. The summed E-state index contributed by atoms with van der Waals surface area (Å²) < 4.78 is 0. The Bertz CT molecular complexity index is 58.9. The Labute approximate surface area is 55.1 Å². The van der Waals surface area contributed by atoms with Gasteiger partial charge in [0.05, 0.1) is 0 Å². The van der Waals surface area contributed by atoms with E-state index in [0.29, 0.717) is 0 Å². The largest absolute Gasteiger partial charge is 0.367 e. The fourth-order valence-electron chi connectivity index (χ4n) is 0.303. The number of aliphatic hydroxyl groups excluding tert-OH is 1. The minimum Gasteiger partial charge on any atom is -0.367 e. The quantitative estimate of drug-likeness (QED) is 0.276. The van der Waals surface area contributed by atoms with Crippen molar-refractivity contribution in [3.63, 3.8) is 0 Å². The maximum Gasteiger partial charge on any atom is 0.173 e. The van der Waals surface area contributed by atoms with Gasteiger partial charge in [-0.15, -0.1) is 5.59 Å². The number of rotatable bonds is 5. The average molecular weight is 134 g/mol. The predicted octanol–water partition coefficient (Wildman–Crippen LogP) is -0.240. The molecule has 0 fully saturated rings. The van der Waals surface area contributed by atoms with Gasteiger partial charge in [-0.25, -0.2) is 5.43 Å². The van der Waals surface area contributed by atoms with Crippen LogP contribution in [-0.2, 0) is 4.84 Å². The summed E-state index contributed by atoms with van der Waals surface area (Å²) in [6.45, 7) is 4.39. The minimum absolute atomic E-state index is 0.769. The molecule has 0 amide bonds. The van der Waals surface area contributed by atoms with Crippen molar-refractivity contribution in [1.29, 1.82) is 0 Å². The van der Waals surface area contributed by atoms with Gasteiger partial charge < -0.3 is 5.11 Å². The molecule has 0 radical (unpaired) electrons. The van der Waals surface area contributed by atoms with Gasteiger partial charge in [0.1, 0.15) is 0 Å². The van der Waals surface area contributed by atoms with Crippen molar-refractivity contribution in [2.75, 3.05) is 6.54 Å². The van der Waals surface area contributed by atoms with Gasteiger partial charge in [0, 0.05) is 6.54 Å². The first-order valence-electron chi connectivity index (χ1n) is 3.09. The molecule has 0 aliphatic heterocycles. The van der Waals surface area contributed by atoms with Crippen LogP contribution in [0.3, 0.4) is 0 Å².